The quantitative estimate of drug-likeness (QED) is 0.164. The van der Waals surface area contributed by atoms with Gasteiger partial charge in [-0.25, -0.2) is 4.57 Å². The number of hydrogen-bond donors (Lipinski definition) is 2. The maximum atomic E-state index is 11.7. The Morgan fingerprint density at radius 2 is 1.26 bits per heavy atom. The van der Waals surface area contributed by atoms with Crippen molar-refractivity contribution in [2.75, 3.05) is 33.0 Å². The average Bonchev–Trinajstić information content (AvgIpc) is 2.77. The van der Waals surface area contributed by atoms with E-state index >= 15 is 0 Å². The Labute approximate surface area is 189 Å². The van der Waals surface area contributed by atoms with Crippen LogP contribution in [-0.2, 0) is 23.1 Å². The number of rotatable bonds is 21. The van der Waals surface area contributed by atoms with Gasteiger partial charge in [0.25, 0.3) is 0 Å². The van der Waals surface area contributed by atoms with Crippen LogP contribution in [0.15, 0.2) is 0 Å². The zero-order valence-electron chi connectivity index (χ0n) is 19.7. The van der Waals surface area contributed by atoms with Crippen molar-refractivity contribution in [2.45, 2.75) is 115 Å². The summed E-state index contributed by atoms with van der Waals surface area (Å²) in [5.41, 5.74) is 0. The van der Waals surface area contributed by atoms with E-state index in [2.05, 4.69) is 11.4 Å². The van der Waals surface area contributed by atoms with Gasteiger partial charge in [-0.15, -0.1) is 0 Å². The molecule has 0 aromatic heterocycles. The lowest BCUT2D eigenvalue weighted by atomic mass is 10.0. The van der Waals surface area contributed by atoms with E-state index in [1.165, 1.54) is 83.5 Å². The van der Waals surface area contributed by atoms with Crippen LogP contribution < -0.4 is 0 Å². The predicted molar refractivity (Wildman–Crippen MR) is 123 cm³/mol. The van der Waals surface area contributed by atoms with Crippen LogP contribution in [0.3, 0.4) is 0 Å². The molecule has 1 saturated heterocycles. The Balaban J connectivity index is 2.00. The molecule has 31 heavy (non-hydrogen) atoms. The van der Waals surface area contributed by atoms with Crippen molar-refractivity contribution in [3.05, 3.63) is 0 Å². The first kappa shape index (κ1) is 29.0. The van der Waals surface area contributed by atoms with Crippen LogP contribution in [0.1, 0.15) is 103 Å². The minimum absolute atomic E-state index is 0.0531. The van der Waals surface area contributed by atoms with Gasteiger partial charge in [0.2, 0.25) is 0 Å². The molecule has 0 bridgehead atoms. The highest BCUT2D eigenvalue weighted by atomic mass is 31.2. The van der Waals surface area contributed by atoms with Crippen molar-refractivity contribution in [1.29, 1.82) is 0 Å². The largest absolute Gasteiger partial charge is 0.472 e. The molecule has 1 aliphatic rings. The van der Waals surface area contributed by atoms with E-state index in [0.717, 1.165) is 12.8 Å². The predicted octanol–water partition coefficient (Wildman–Crippen LogP) is 5.77. The van der Waals surface area contributed by atoms with Gasteiger partial charge in [0, 0.05) is 0 Å². The van der Waals surface area contributed by atoms with Gasteiger partial charge in [0.15, 0.2) is 0 Å². The highest BCUT2D eigenvalue weighted by Crippen LogP contribution is 2.43. The van der Waals surface area contributed by atoms with Crippen molar-refractivity contribution in [2.24, 2.45) is 0 Å². The summed E-state index contributed by atoms with van der Waals surface area (Å²) >= 11 is 0. The highest BCUT2D eigenvalue weighted by molar-refractivity contribution is 7.47. The lowest BCUT2D eigenvalue weighted by Crippen LogP contribution is -2.41. The number of phosphoric acid groups is 1. The van der Waals surface area contributed by atoms with E-state index in [4.69, 9.17) is 19.1 Å². The number of aliphatic hydroxyl groups excluding tert-OH is 1. The summed E-state index contributed by atoms with van der Waals surface area (Å²) in [7, 11) is -4.16. The molecule has 1 fully saturated rings. The molecule has 1 heterocycles. The molecule has 1 rings (SSSR count). The zero-order chi connectivity index (χ0) is 22.6. The van der Waals surface area contributed by atoms with Crippen molar-refractivity contribution >= 4 is 7.82 Å². The lowest BCUT2D eigenvalue weighted by Gasteiger charge is -2.32. The topological polar surface area (TPSA) is 94.5 Å². The van der Waals surface area contributed by atoms with Crippen molar-refractivity contribution in [3.8, 4) is 0 Å². The fraction of sp³-hybridized carbons (Fsp3) is 1.00. The Hall–Kier alpha value is -0.0100. The number of hydrogen-bond acceptors (Lipinski definition) is 6. The van der Waals surface area contributed by atoms with Crippen LogP contribution in [0.4, 0.5) is 0 Å². The van der Waals surface area contributed by atoms with Crippen LogP contribution in [0.2, 0.25) is 0 Å². The highest BCUT2D eigenvalue weighted by Gasteiger charge is 2.30. The smallest absolute Gasteiger partial charge is 0.394 e. The lowest BCUT2D eigenvalue weighted by molar-refractivity contribution is -0.154. The Kier molecular flexibility index (Phi) is 18.2. The number of ether oxygens (including phenoxy) is 2. The normalized spacial score (nSPS) is 21.3. The van der Waals surface area contributed by atoms with Gasteiger partial charge in [0.1, 0.15) is 6.10 Å². The number of phosphoric ester groups is 1. The maximum Gasteiger partial charge on any atom is 0.472 e. The first-order valence-electron chi connectivity index (χ1n) is 12.5. The van der Waals surface area contributed by atoms with Crippen LogP contribution in [0.5, 0.6) is 0 Å². The van der Waals surface area contributed by atoms with Gasteiger partial charge in [0.05, 0.1) is 39.1 Å². The third kappa shape index (κ3) is 16.3. The van der Waals surface area contributed by atoms with E-state index in [1.54, 1.807) is 0 Å². The molecule has 0 aromatic rings. The standard InChI is InChI=1S/C23H47O7P/c1-2-3-4-5-6-7-8-9-10-11-12-13-14-15-16-22-23(28-20-19-27-22)21-30-31(25,26)29-18-17-24/h22-24H,2-21H2,1H3,(H,25,26)/t22-,23-/m0/s1. The van der Waals surface area contributed by atoms with Gasteiger partial charge >= 0.3 is 7.82 Å². The van der Waals surface area contributed by atoms with Crippen molar-refractivity contribution in [1.82, 2.24) is 0 Å². The minimum Gasteiger partial charge on any atom is -0.394 e. The molecule has 1 unspecified atom stereocenters. The Morgan fingerprint density at radius 1 is 0.774 bits per heavy atom. The third-order valence-electron chi connectivity index (χ3n) is 5.75. The first-order chi connectivity index (χ1) is 15.1. The minimum atomic E-state index is -4.16. The van der Waals surface area contributed by atoms with Gasteiger partial charge in [-0.3, -0.25) is 9.05 Å². The number of unbranched alkanes of at least 4 members (excludes halogenated alkanes) is 13. The first-order valence-corrected chi connectivity index (χ1v) is 14.0. The summed E-state index contributed by atoms with van der Waals surface area (Å²) < 4.78 is 32.8. The van der Waals surface area contributed by atoms with Gasteiger partial charge in [-0.2, -0.15) is 0 Å². The van der Waals surface area contributed by atoms with Crippen LogP contribution >= 0.6 is 7.82 Å². The molecule has 0 amide bonds. The summed E-state index contributed by atoms with van der Waals surface area (Å²) in [5.74, 6) is 0. The van der Waals surface area contributed by atoms with Crippen LogP contribution in [0.25, 0.3) is 0 Å². The molecular weight excluding hydrogens is 419 g/mol. The molecule has 0 aliphatic carbocycles. The molecule has 7 nitrogen and oxygen atoms in total. The molecule has 0 saturated carbocycles. The van der Waals surface area contributed by atoms with E-state index < -0.39 is 7.82 Å². The summed E-state index contributed by atoms with van der Waals surface area (Å²) in [6, 6.07) is 0. The second-order valence-electron chi connectivity index (χ2n) is 8.52. The fourth-order valence-electron chi connectivity index (χ4n) is 3.94. The SMILES string of the molecule is CCCCCCCCCCCCCCCC[C@@H]1OCCO[C@H]1COP(=O)(O)OCCO. The molecule has 3 atom stereocenters. The molecule has 0 spiro atoms. The van der Waals surface area contributed by atoms with E-state index in [-0.39, 0.29) is 32.0 Å². The molecule has 2 N–H and O–H groups in total. The second-order valence-corrected chi connectivity index (χ2v) is 9.98. The fourth-order valence-corrected chi connectivity index (χ4v) is 4.66. The molecule has 0 aromatic carbocycles. The third-order valence-corrected chi connectivity index (χ3v) is 6.74. The maximum absolute atomic E-state index is 11.7. The summed E-state index contributed by atoms with van der Waals surface area (Å²) in [5, 5.41) is 8.69. The Morgan fingerprint density at radius 3 is 1.77 bits per heavy atom. The zero-order valence-corrected chi connectivity index (χ0v) is 20.6. The molecule has 0 radical (unpaired) electrons. The summed E-state index contributed by atoms with van der Waals surface area (Å²) in [4.78, 5) is 9.57. The number of aliphatic hydroxyl groups is 1. The summed E-state index contributed by atoms with van der Waals surface area (Å²) in [6.45, 7) is 2.63. The monoisotopic (exact) mass is 466 g/mol. The van der Waals surface area contributed by atoms with Gasteiger partial charge < -0.3 is 19.5 Å². The Bertz CT molecular complexity index is 450. The van der Waals surface area contributed by atoms with Gasteiger partial charge in [-0.05, 0) is 6.42 Å². The molecule has 186 valence electrons. The van der Waals surface area contributed by atoms with Crippen molar-refractivity contribution < 1.29 is 33.1 Å². The van der Waals surface area contributed by atoms with Crippen LogP contribution in [-0.4, -0.2) is 55.2 Å². The van der Waals surface area contributed by atoms with Crippen LogP contribution in [0, 0.1) is 0 Å². The average molecular weight is 467 g/mol. The van der Waals surface area contributed by atoms with Gasteiger partial charge in [-0.1, -0.05) is 96.8 Å². The molecular formula is C23H47O7P. The van der Waals surface area contributed by atoms with E-state index in [9.17, 15) is 9.46 Å². The van der Waals surface area contributed by atoms with E-state index in [1.807, 2.05) is 0 Å². The second kappa shape index (κ2) is 19.5. The van der Waals surface area contributed by atoms with E-state index in [0.29, 0.717) is 13.2 Å². The summed E-state index contributed by atoms with van der Waals surface area (Å²) in [6.07, 6.45) is 18.9. The molecule has 8 heteroatoms. The van der Waals surface area contributed by atoms with Crippen molar-refractivity contribution in [3.63, 3.8) is 0 Å². The molecule has 1 aliphatic heterocycles.